The van der Waals surface area contributed by atoms with Gasteiger partial charge in [0, 0.05) is 19.2 Å². The second-order valence-corrected chi connectivity index (χ2v) is 6.18. The lowest BCUT2D eigenvalue weighted by molar-refractivity contribution is -0.127. The van der Waals surface area contributed by atoms with Gasteiger partial charge >= 0.3 is 0 Å². The fraction of sp³-hybridized carbons (Fsp3) is 0.286. The van der Waals surface area contributed by atoms with E-state index in [1.54, 1.807) is 23.1 Å². The quantitative estimate of drug-likeness (QED) is 0.663. The molecule has 0 aliphatic heterocycles. The first-order valence-electron chi connectivity index (χ1n) is 8.71. The van der Waals surface area contributed by atoms with Crippen LogP contribution in [0.2, 0.25) is 5.02 Å². The molecule has 0 unspecified atom stereocenters. The van der Waals surface area contributed by atoms with E-state index < -0.39 is 0 Å². The van der Waals surface area contributed by atoms with Crippen LogP contribution in [-0.4, -0.2) is 42.8 Å². The fourth-order valence-corrected chi connectivity index (χ4v) is 2.86. The summed E-state index contributed by atoms with van der Waals surface area (Å²) in [6, 6.07) is 13.1. The third-order valence-electron chi connectivity index (χ3n) is 3.86. The number of carbonyl (C=O) groups excluding carboxylic acids is 1. The van der Waals surface area contributed by atoms with Gasteiger partial charge in [-0.2, -0.15) is 0 Å². The minimum atomic E-state index is -0.197. The maximum atomic E-state index is 12.6. The standard InChI is InChI=1S/C21H24ClNO4/c1-3-27-21-18(22)13-17(14-19(21)26-2)9-10-20(25)23(11-12-24)15-16-7-5-4-6-8-16/h4-10,13-14,24H,3,11-12,15H2,1-2H3/b10-9+. The molecule has 0 atom stereocenters. The van der Waals surface area contributed by atoms with Gasteiger partial charge in [0.25, 0.3) is 0 Å². The third-order valence-corrected chi connectivity index (χ3v) is 4.14. The van der Waals surface area contributed by atoms with Crippen LogP contribution in [-0.2, 0) is 11.3 Å². The number of carbonyl (C=O) groups is 1. The summed E-state index contributed by atoms with van der Waals surface area (Å²) in [6.45, 7) is 2.92. The van der Waals surface area contributed by atoms with E-state index in [0.29, 0.717) is 29.7 Å². The SMILES string of the molecule is CCOc1c(Cl)cc(/C=C/C(=O)N(CCO)Cc2ccccc2)cc1OC. The van der Waals surface area contributed by atoms with Gasteiger partial charge in [-0.25, -0.2) is 0 Å². The maximum absolute atomic E-state index is 12.6. The van der Waals surface area contributed by atoms with Gasteiger partial charge in [0.2, 0.25) is 5.91 Å². The largest absolute Gasteiger partial charge is 0.493 e. The van der Waals surface area contributed by atoms with Crippen LogP contribution in [0.25, 0.3) is 6.08 Å². The molecule has 0 aliphatic carbocycles. The van der Waals surface area contributed by atoms with Crippen molar-refractivity contribution in [1.29, 1.82) is 0 Å². The van der Waals surface area contributed by atoms with Crippen LogP contribution >= 0.6 is 11.6 Å². The number of rotatable bonds is 9. The van der Waals surface area contributed by atoms with Crippen molar-refractivity contribution in [3.05, 3.63) is 64.7 Å². The van der Waals surface area contributed by atoms with E-state index in [9.17, 15) is 9.90 Å². The Balaban J connectivity index is 2.16. The Morgan fingerprint density at radius 2 is 2.00 bits per heavy atom. The van der Waals surface area contributed by atoms with Crippen LogP contribution in [0.1, 0.15) is 18.1 Å². The second-order valence-electron chi connectivity index (χ2n) is 5.77. The number of ether oxygens (including phenoxy) is 2. The van der Waals surface area contributed by atoms with Crippen LogP contribution in [0.3, 0.4) is 0 Å². The smallest absolute Gasteiger partial charge is 0.246 e. The van der Waals surface area contributed by atoms with Crippen molar-refractivity contribution in [3.63, 3.8) is 0 Å². The van der Waals surface area contributed by atoms with Crippen LogP contribution in [0.4, 0.5) is 0 Å². The molecule has 144 valence electrons. The molecule has 0 radical (unpaired) electrons. The maximum Gasteiger partial charge on any atom is 0.246 e. The summed E-state index contributed by atoms with van der Waals surface area (Å²) in [5, 5.41) is 9.69. The van der Waals surface area contributed by atoms with Gasteiger partial charge in [-0.05, 0) is 36.3 Å². The lowest BCUT2D eigenvalue weighted by Gasteiger charge is -2.20. The molecule has 5 nitrogen and oxygen atoms in total. The molecule has 0 fully saturated rings. The second kappa shape index (κ2) is 10.6. The predicted octanol–water partition coefficient (Wildman–Crippen LogP) is 3.78. The lowest BCUT2D eigenvalue weighted by atomic mass is 10.1. The predicted molar refractivity (Wildman–Crippen MR) is 107 cm³/mol. The Hall–Kier alpha value is -2.50. The summed E-state index contributed by atoms with van der Waals surface area (Å²) < 4.78 is 10.8. The number of benzene rings is 2. The molecule has 27 heavy (non-hydrogen) atoms. The van der Waals surface area contributed by atoms with Gasteiger partial charge in [0.1, 0.15) is 0 Å². The van der Waals surface area contributed by atoms with Gasteiger partial charge < -0.3 is 19.5 Å². The Bertz CT molecular complexity index is 777. The summed E-state index contributed by atoms with van der Waals surface area (Å²) >= 11 is 6.26. The van der Waals surface area contributed by atoms with Crippen LogP contribution in [0.15, 0.2) is 48.5 Å². The minimum Gasteiger partial charge on any atom is -0.493 e. The summed E-state index contributed by atoms with van der Waals surface area (Å²) in [5.74, 6) is 0.793. The van der Waals surface area contributed by atoms with E-state index in [2.05, 4.69) is 0 Å². The molecular formula is C21H24ClNO4. The number of amides is 1. The van der Waals surface area contributed by atoms with E-state index in [4.69, 9.17) is 21.1 Å². The lowest BCUT2D eigenvalue weighted by Crippen LogP contribution is -2.31. The van der Waals surface area contributed by atoms with Crippen LogP contribution in [0.5, 0.6) is 11.5 Å². The van der Waals surface area contributed by atoms with Gasteiger partial charge in [-0.15, -0.1) is 0 Å². The Kier molecular flexibility index (Phi) is 8.17. The van der Waals surface area contributed by atoms with Crippen molar-refractivity contribution in [2.45, 2.75) is 13.5 Å². The zero-order chi connectivity index (χ0) is 19.6. The Labute approximate surface area is 164 Å². The highest BCUT2D eigenvalue weighted by molar-refractivity contribution is 6.32. The van der Waals surface area contributed by atoms with E-state index in [1.165, 1.54) is 13.2 Å². The highest BCUT2D eigenvalue weighted by Crippen LogP contribution is 2.36. The van der Waals surface area contributed by atoms with Gasteiger partial charge in [0.05, 0.1) is 25.3 Å². The number of aliphatic hydroxyl groups excluding tert-OH is 1. The summed E-state index contributed by atoms with van der Waals surface area (Å²) in [7, 11) is 1.54. The number of aliphatic hydroxyl groups is 1. The molecule has 0 saturated carbocycles. The molecule has 0 aromatic heterocycles. The average Bonchev–Trinajstić information content (AvgIpc) is 2.68. The molecule has 6 heteroatoms. The van der Waals surface area contributed by atoms with Crippen molar-refractivity contribution >= 4 is 23.6 Å². The Morgan fingerprint density at radius 3 is 2.63 bits per heavy atom. The Morgan fingerprint density at radius 1 is 1.26 bits per heavy atom. The topological polar surface area (TPSA) is 59.0 Å². The van der Waals surface area contributed by atoms with E-state index in [1.807, 2.05) is 37.3 Å². The number of hydrogen-bond donors (Lipinski definition) is 1. The van der Waals surface area contributed by atoms with Gasteiger partial charge in [-0.3, -0.25) is 4.79 Å². The highest BCUT2D eigenvalue weighted by Gasteiger charge is 2.13. The highest BCUT2D eigenvalue weighted by atomic mass is 35.5. The molecule has 2 rings (SSSR count). The summed E-state index contributed by atoms with van der Waals surface area (Å²) in [6.07, 6.45) is 3.13. The van der Waals surface area contributed by atoms with Crippen molar-refractivity contribution in [2.24, 2.45) is 0 Å². The molecule has 1 N–H and O–H groups in total. The summed E-state index contributed by atoms with van der Waals surface area (Å²) in [5.41, 5.74) is 1.72. The molecule has 0 heterocycles. The van der Waals surface area contributed by atoms with Gasteiger partial charge in [-0.1, -0.05) is 41.9 Å². The third kappa shape index (κ3) is 6.01. The van der Waals surface area contributed by atoms with Crippen molar-refractivity contribution in [1.82, 2.24) is 4.90 Å². The summed E-state index contributed by atoms with van der Waals surface area (Å²) in [4.78, 5) is 14.1. The number of methoxy groups -OCH3 is 1. The van der Waals surface area contributed by atoms with E-state index in [0.717, 1.165) is 11.1 Å². The number of hydrogen-bond acceptors (Lipinski definition) is 4. The van der Waals surface area contributed by atoms with Crippen molar-refractivity contribution < 1.29 is 19.4 Å². The molecule has 0 spiro atoms. The molecule has 2 aromatic rings. The average molecular weight is 390 g/mol. The molecule has 0 bridgehead atoms. The number of nitrogens with zero attached hydrogens (tertiary/aromatic N) is 1. The molecule has 0 saturated heterocycles. The molecular weight excluding hydrogens is 366 g/mol. The zero-order valence-electron chi connectivity index (χ0n) is 15.5. The zero-order valence-corrected chi connectivity index (χ0v) is 16.3. The monoisotopic (exact) mass is 389 g/mol. The van der Waals surface area contributed by atoms with Crippen molar-refractivity contribution in [3.8, 4) is 11.5 Å². The molecule has 0 aliphatic rings. The van der Waals surface area contributed by atoms with Crippen molar-refractivity contribution in [2.75, 3.05) is 26.9 Å². The fourth-order valence-electron chi connectivity index (χ4n) is 2.59. The van der Waals surface area contributed by atoms with E-state index in [-0.39, 0.29) is 19.1 Å². The van der Waals surface area contributed by atoms with Crippen LogP contribution < -0.4 is 9.47 Å². The first kappa shape index (κ1) is 20.8. The normalized spacial score (nSPS) is 10.8. The first-order valence-corrected chi connectivity index (χ1v) is 9.09. The minimum absolute atomic E-state index is 0.102. The number of halogens is 1. The molecule has 2 aromatic carbocycles. The van der Waals surface area contributed by atoms with Gasteiger partial charge in [0.15, 0.2) is 11.5 Å². The van der Waals surface area contributed by atoms with E-state index >= 15 is 0 Å². The first-order chi connectivity index (χ1) is 13.1. The van der Waals surface area contributed by atoms with Crippen LogP contribution in [0, 0.1) is 0 Å². The molecule has 1 amide bonds.